The highest BCUT2D eigenvalue weighted by Gasteiger charge is 2.14. The second-order valence-corrected chi connectivity index (χ2v) is 5.19. The summed E-state index contributed by atoms with van der Waals surface area (Å²) in [4.78, 5) is 22.3. The van der Waals surface area contributed by atoms with Crippen molar-refractivity contribution in [2.45, 2.75) is 0 Å². The van der Waals surface area contributed by atoms with Crippen LogP contribution in [0.1, 0.15) is 16.1 Å². The summed E-state index contributed by atoms with van der Waals surface area (Å²) in [6.07, 6.45) is 1.10. The predicted octanol–water partition coefficient (Wildman–Crippen LogP) is 2.82. The van der Waals surface area contributed by atoms with Crippen molar-refractivity contribution in [1.29, 1.82) is 0 Å². The molecule has 0 atom stereocenters. The summed E-state index contributed by atoms with van der Waals surface area (Å²) in [5, 5.41) is 24.8. The third-order valence-corrected chi connectivity index (χ3v) is 3.54. The maximum atomic E-state index is 12.1. The average Bonchev–Trinajstić information content (AvgIpc) is 3.07. The summed E-state index contributed by atoms with van der Waals surface area (Å²) in [6.45, 7) is 0. The fraction of sp³-hybridized carbons (Fsp3) is 0.0588. The molecule has 26 heavy (non-hydrogen) atoms. The summed E-state index contributed by atoms with van der Waals surface area (Å²) in [5.74, 6) is -0.317. The number of nitro benzene ring substituents is 1. The van der Waals surface area contributed by atoms with Crippen LogP contribution in [0, 0.1) is 10.1 Å². The van der Waals surface area contributed by atoms with Crippen LogP contribution in [-0.4, -0.2) is 29.3 Å². The lowest BCUT2D eigenvalue weighted by molar-refractivity contribution is -0.384. The van der Waals surface area contributed by atoms with E-state index in [1.165, 1.54) is 19.2 Å². The molecule has 1 amide bonds. The highest BCUT2D eigenvalue weighted by atomic mass is 16.6. The lowest BCUT2D eigenvalue weighted by atomic mass is 10.2. The first-order valence-electron chi connectivity index (χ1n) is 7.37. The van der Waals surface area contributed by atoms with Gasteiger partial charge in [0.2, 0.25) is 0 Å². The van der Waals surface area contributed by atoms with Gasteiger partial charge in [-0.1, -0.05) is 12.1 Å². The van der Waals surface area contributed by atoms with E-state index in [4.69, 9.17) is 9.15 Å². The standard InChI is InChI=1S/C17H13N3O6/c1-25-14-4-2-3-10-8-15(26-16(10)14)17(22)19-18-9-11-7-12(20(23)24)5-6-13(11)21/h2-9,21H,1H3,(H,19,22)/b18-9-. The number of hydrazone groups is 1. The number of non-ortho nitro benzene ring substituents is 1. The minimum Gasteiger partial charge on any atom is -0.507 e. The molecule has 0 aliphatic heterocycles. The zero-order valence-electron chi connectivity index (χ0n) is 13.5. The van der Waals surface area contributed by atoms with Crippen LogP contribution in [0.2, 0.25) is 0 Å². The number of phenolic OH excluding ortho intramolecular Hbond substituents is 1. The van der Waals surface area contributed by atoms with Crippen molar-refractivity contribution in [2.24, 2.45) is 5.10 Å². The third kappa shape index (κ3) is 3.31. The number of para-hydroxylation sites is 1. The van der Waals surface area contributed by atoms with Gasteiger partial charge in [-0.15, -0.1) is 0 Å². The van der Waals surface area contributed by atoms with E-state index >= 15 is 0 Å². The van der Waals surface area contributed by atoms with E-state index in [0.717, 1.165) is 18.3 Å². The fourth-order valence-electron chi connectivity index (χ4n) is 2.28. The number of methoxy groups -OCH3 is 1. The molecule has 2 N–H and O–H groups in total. The van der Waals surface area contributed by atoms with Crippen LogP contribution in [-0.2, 0) is 0 Å². The van der Waals surface area contributed by atoms with E-state index in [-0.39, 0.29) is 22.8 Å². The number of fused-ring (bicyclic) bond motifs is 1. The molecule has 0 unspecified atom stereocenters. The minimum absolute atomic E-state index is 0.0184. The third-order valence-electron chi connectivity index (χ3n) is 3.54. The van der Waals surface area contributed by atoms with Crippen molar-refractivity contribution in [3.63, 3.8) is 0 Å². The van der Waals surface area contributed by atoms with E-state index < -0.39 is 10.8 Å². The highest BCUT2D eigenvalue weighted by Crippen LogP contribution is 2.28. The van der Waals surface area contributed by atoms with Crippen molar-refractivity contribution in [3.05, 3.63) is 63.9 Å². The first-order chi connectivity index (χ1) is 12.5. The summed E-state index contributed by atoms with van der Waals surface area (Å²) in [7, 11) is 1.49. The largest absolute Gasteiger partial charge is 0.507 e. The number of rotatable bonds is 5. The number of carbonyl (C=O) groups is 1. The molecule has 0 radical (unpaired) electrons. The number of nitro groups is 1. The quantitative estimate of drug-likeness (QED) is 0.411. The molecule has 0 spiro atoms. The molecule has 132 valence electrons. The average molecular weight is 355 g/mol. The number of nitrogens with zero attached hydrogens (tertiary/aromatic N) is 2. The Morgan fingerprint density at radius 2 is 2.15 bits per heavy atom. The molecule has 3 aromatic rings. The molecular weight excluding hydrogens is 342 g/mol. The Labute approximate surface area is 146 Å². The number of furan rings is 1. The number of hydrogen-bond donors (Lipinski definition) is 2. The number of amides is 1. The maximum Gasteiger partial charge on any atom is 0.307 e. The molecule has 0 saturated heterocycles. The van der Waals surface area contributed by atoms with E-state index in [9.17, 15) is 20.0 Å². The van der Waals surface area contributed by atoms with Crippen LogP contribution in [0.15, 0.2) is 52.0 Å². The Bertz CT molecular complexity index is 1020. The van der Waals surface area contributed by atoms with Crippen molar-refractivity contribution >= 4 is 28.8 Å². The van der Waals surface area contributed by atoms with Gasteiger partial charge < -0.3 is 14.3 Å². The van der Waals surface area contributed by atoms with Crippen LogP contribution < -0.4 is 10.2 Å². The summed E-state index contributed by atoms with van der Waals surface area (Å²) in [6, 6.07) is 10.2. The van der Waals surface area contributed by atoms with E-state index in [1.54, 1.807) is 18.2 Å². The van der Waals surface area contributed by atoms with Gasteiger partial charge in [-0.25, -0.2) is 5.43 Å². The van der Waals surface area contributed by atoms with Gasteiger partial charge in [-0.3, -0.25) is 14.9 Å². The molecule has 3 rings (SSSR count). The lowest BCUT2D eigenvalue weighted by Crippen LogP contribution is -2.16. The maximum absolute atomic E-state index is 12.1. The zero-order chi connectivity index (χ0) is 18.7. The molecule has 1 heterocycles. The van der Waals surface area contributed by atoms with Crippen LogP contribution in [0.5, 0.6) is 11.5 Å². The van der Waals surface area contributed by atoms with Crippen molar-refractivity contribution < 1.29 is 24.0 Å². The Morgan fingerprint density at radius 1 is 1.35 bits per heavy atom. The summed E-state index contributed by atoms with van der Waals surface area (Å²) < 4.78 is 10.6. The second kappa shape index (κ2) is 6.93. The number of hydrogen-bond acceptors (Lipinski definition) is 7. The molecule has 0 saturated carbocycles. The normalized spacial score (nSPS) is 11.0. The molecule has 0 fully saturated rings. The van der Waals surface area contributed by atoms with Gasteiger partial charge in [0.05, 0.1) is 18.2 Å². The van der Waals surface area contributed by atoms with Gasteiger partial charge in [0, 0.05) is 23.1 Å². The van der Waals surface area contributed by atoms with Crippen molar-refractivity contribution in [1.82, 2.24) is 5.43 Å². The molecular formula is C17H13N3O6. The Balaban J connectivity index is 1.78. The molecule has 1 aromatic heterocycles. The molecule has 2 aromatic carbocycles. The summed E-state index contributed by atoms with van der Waals surface area (Å²) in [5.41, 5.74) is 2.55. The molecule has 0 aliphatic carbocycles. The van der Waals surface area contributed by atoms with Gasteiger partial charge in [0.1, 0.15) is 5.75 Å². The fourth-order valence-corrected chi connectivity index (χ4v) is 2.28. The van der Waals surface area contributed by atoms with Crippen LogP contribution in [0.3, 0.4) is 0 Å². The lowest BCUT2D eigenvalue weighted by Gasteiger charge is -1.99. The Hall–Kier alpha value is -3.88. The Kier molecular flexibility index (Phi) is 4.52. The van der Waals surface area contributed by atoms with Crippen LogP contribution >= 0.6 is 0 Å². The minimum atomic E-state index is -0.621. The smallest absolute Gasteiger partial charge is 0.307 e. The number of carbonyl (C=O) groups excluding carboxylic acids is 1. The molecule has 0 aliphatic rings. The Morgan fingerprint density at radius 3 is 2.88 bits per heavy atom. The molecule has 0 bridgehead atoms. The molecule has 9 nitrogen and oxygen atoms in total. The SMILES string of the molecule is COc1cccc2cc(C(=O)N/N=C\c3cc([N+](=O)[O-])ccc3O)oc12. The first kappa shape index (κ1) is 17.0. The highest BCUT2D eigenvalue weighted by molar-refractivity contribution is 5.97. The summed E-state index contributed by atoms with van der Waals surface area (Å²) >= 11 is 0. The van der Waals surface area contributed by atoms with E-state index in [1.807, 2.05) is 0 Å². The monoisotopic (exact) mass is 355 g/mol. The van der Waals surface area contributed by atoms with Crippen molar-refractivity contribution in [3.8, 4) is 11.5 Å². The van der Waals surface area contributed by atoms with Gasteiger partial charge in [0.25, 0.3) is 5.69 Å². The topological polar surface area (TPSA) is 127 Å². The predicted molar refractivity (Wildman–Crippen MR) is 92.6 cm³/mol. The van der Waals surface area contributed by atoms with Gasteiger partial charge in [-0.2, -0.15) is 5.10 Å². The van der Waals surface area contributed by atoms with Gasteiger partial charge in [0.15, 0.2) is 17.1 Å². The van der Waals surface area contributed by atoms with Crippen LogP contribution in [0.25, 0.3) is 11.0 Å². The van der Waals surface area contributed by atoms with Crippen molar-refractivity contribution in [2.75, 3.05) is 7.11 Å². The number of phenols is 1. The number of aromatic hydroxyl groups is 1. The molecule has 9 heteroatoms. The first-order valence-corrected chi connectivity index (χ1v) is 7.37. The number of ether oxygens (including phenoxy) is 1. The number of nitrogens with one attached hydrogen (secondary N) is 1. The van der Waals surface area contributed by atoms with Gasteiger partial charge in [-0.05, 0) is 18.2 Å². The van der Waals surface area contributed by atoms with Crippen LogP contribution in [0.4, 0.5) is 5.69 Å². The van der Waals surface area contributed by atoms with E-state index in [2.05, 4.69) is 10.5 Å². The second-order valence-electron chi connectivity index (χ2n) is 5.19. The van der Waals surface area contributed by atoms with E-state index in [0.29, 0.717) is 16.7 Å². The van der Waals surface area contributed by atoms with Gasteiger partial charge >= 0.3 is 5.91 Å². The number of benzene rings is 2. The zero-order valence-corrected chi connectivity index (χ0v) is 13.5.